The van der Waals surface area contributed by atoms with Crippen molar-refractivity contribution in [3.05, 3.63) is 51.0 Å². The van der Waals surface area contributed by atoms with E-state index < -0.39 is 0 Å². The summed E-state index contributed by atoms with van der Waals surface area (Å²) in [5.41, 5.74) is 5.89. The molecule has 0 aliphatic heterocycles. The van der Waals surface area contributed by atoms with Gasteiger partial charge in [-0.05, 0) is 48.4 Å². The maximum atomic E-state index is 12.1. The average Bonchev–Trinajstić information content (AvgIpc) is 2.47. The van der Waals surface area contributed by atoms with Gasteiger partial charge in [-0.15, -0.1) is 0 Å². The maximum absolute atomic E-state index is 12.1. The maximum Gasteiger partial charge on any atom is 0.358 e. The van der Waals surface area contributed by atoms with Crippen LogP contribution in [0.4, 0.5) is 0 Å². The first-order valence-electron chi connectivity index (χ1n) is 7.81. The van der Waals surface area contributed by atoms with Gasteiger partial charge in [-0.3, -0.25) is 0 Å². The molecule has 0 spiro atoms. The highest BCUT2D eigenvalue weighted by Gasteiger charge is 2.27. The van der Waals surface area contributed by atoms with Crippen molar-refractivity contribution in [3.63, 3.8) is 0 Å². The highest BCUT2D eigenvalue weighted by Crippen LogP contribution is 2.40. The standard InChI is InChI=1S/C18H19NO2/c1-10(2)16-18(20)21-14-9-12-7-3-5-11-6-4-8-13(15(11)12)17(14)19-16/h4,6,9-11H,3,5,7-8H2,1-2H3/t11-/m1/s1. The minimum atomic E-state index is -0.289. The summed E-state index contributed by atoms with van der Waals surface area (Å²) in [6.45, 7) is 3.97. The Balaban J connectivity index is 2.08. The van der Waals surface area contributed by atoms with Crippen molar-refractivity contribution in [3.8, 4) is 0 Å². The fourth-order valence-corrected chi connectivity index (χ4v) is 3.73. The summed E-state index contributed by atoms with van der Waals surface area (Å²) in [7, 11) is 0. The number of hydrogen-bond donors (Lipinski definition) is 0. The highest BCUT2D eigenvalue weighted by molar-refractivity contribution is 5.80. The lowest BCUT2D eigenvalue weighted by Crippen LogP contribution is -2.17. The summed E-state index contributed by atoms with van der Waals surface area (Å²) in [5, 5.41) is 0. The SMILES string of the molecule is CC(C)c1nc2c3c4c(cc2oc1=O)CCC[C@@H]4C=CC3. The predicted octanol–water partition coefficient (Wildman–Crippen LogP) is 3.84. The van der Waals surface area contributed by atoms with Gasteiger partial charge in [-0.25, -0.2) is 9.78 Å². The Bertz CT molecular complexity index is 814. The largest absolute Gasteiger partial charge is 0.420 e. The van der Waals surface area contributed by atoms with Crippen molar-refractivity contribution in [1.82, 2.24) is 4.98 Å². The van der Waals surface area contributed by atoms with Gasteiger partial charge in [0.1, 0.15) is 11.2 Å². The molecule has 1 heterocycles. The van der Waals surface area contributed by atoms with Crippen molar-refractivity contribution in [1.29, 1.82) is 0 Å². The smallest absolute Gasteiger partial charge is 0.358 e. The first-order chi connectivity index (χ1) is 10.1. The Morgan fingerprint density at radius 3 is 3.05 bits per heavy atom. The monoisotopic (exact) mass is 281 g/mol. The average molecular weight is 281 g/mol. The van der Waals surface area contributed by atoms with Gasteiger partial charge < -0.3 is 4.42 Å². The molecule has 0 fully saturated rings. The molecule has 0 N–H and O–H groups in total. The van der Waals surface area contributed by atoms with Gasteiger partial charge >= 0.3 is 5.63 Å². The molecule has 21 heavy (non-hydrogen) atoms. The second-order valence-electron chi connectivity index (χ2n) is 6.45. The molecule has 3 nitrogen and oxygen atoms in total. The van der Waals surface area contributed by atoms with Crippen LogP contribution in [-0.4, -0.2) is 4.98 Å². The van der Waals surface area contributed by atoms with E-state index in [0.29, 0.717) is 17.2 Å². The zero-order chi connectivity index (χ0) is 14.6. The van der Waals surface area contributed by atoms with Crippen LogP contribution in [0.5, 0.6) is 0 Å². The third kappa shape index (κ3) is 1.87. The van der Waals surface area contributed by atoms with Crippen LogP contribution in [-0.2, 0) is 12.8 Å². The van der Waals surface area contributed by atoms with Gasteiger partial charge in [0.05, 0.1) is 0 Å². The third-order valence-electron chi connectivity index (χ3n) is 4.71. The Morgan fingerprint density at radius 1 is 1.38 bits per heavy atom. The van der Waals surface area contributed by atoms with E-state index in [9.17, 15) is 4.79 Å². The van der Waals surface area contributed by atoms with Gasteiger partial charge in [0.25, 0.3) is 0 Å². The molecule has 1 aromatic carbocycles. The third-order valence-corrected chi connectivity index (χ3v) is 4.71. The molecular weight excluding hydrogens is 262 g/mol. The van der Waals surface area contributed by atoms with E-state index in [4.69, 9.17) is 4.42 Å². The van der Waals surface area contributed by atoms with Gasteiger partial charge in [0.2, 0.25) is 0 Å². The van der Waals surface area contributed by atoms with Crippen LogP contribution in [0.2, 0.25) is 0 Å². The fraction of sp³-hybridized carbons (Fsp3) is 0.444. The van der Waals surface area contributed by atoms with E-state index in [1.807, 2.05) is 13.8 Å². The number of rotatable bonds is 1. The molecule has 0 bridgehead atoms. The lowest BCUT2D eigenvalue weighted by Gasteiger charge is -2.29. The van der Waals surface area contributed by atoms with Crippen LogP contribution >= 0.6 is 0 Å². The summed E-state index contributed by atoms with van der Waals surface area (Å²) < 4.78 is 5.58. The Labute approximate surface area is 123 Å². The molecule has 2 aliphatic carbocycles. The van der Waals surface area contributed by atoms with Gasteiger partial charge in [0, 0.05) is 11.8 Å². The molecule has 108 valence electrons. The molecule has 3 heteroatoms. The zero-order valence-electron chi connectivity index (χ0n) is 12.5. The Morgan fingerprint density at radius 2 is 2.24 bits per heavy atom. The topological polar surface area (TPSA) is 43.1 Å². The van der Waals surface area contributed by atoms with Crippen LogP contribution in [0, 0.1) is 0 Å². The van der Waals surface area contributed by atoms with Crippen molar-refractivity contribution in [2.75, 3.05) is 0 Å². The number of aryl methyl sites for hydroxylation is 1. The molecule has 1 aromatic heterocycles. The summed E-state index contributed by atoms with van der Waals surface area (Å²) in [5.74, 6) is 0.613. The number of hydrogen-bond acceptors (Lipinski definition) is 3. The lowest BCUT2D eigenvalue weighted by atomic mass is 9.76. The fourth-order valence-electron chi connectivity index (χ4n) is 3.73. The van der Waals surface area contributed by atoms with E-state index >= 15 is 0 Å². The highest BCUT2D eigenvalue weighted by atomic mass is 16.4. The quantitative estimate of drug-likeness (QED) is 0.746. The number of benzene rings is 1. The first kappa shape index (κ1) is 12.8. The molecule has 0 radical (unpaired) electrons. The summed E-state index contributed by atoms with van der Waals surface area (Å²) in [6.07, 6.45) is 8.97. The molecule has 2 aromatic rings. The summed E-state index contributed by atoms with van der Waals surface area (Å²) in [6, 6.07) is 2.05. The molecular formula is C18H19NO2. The second-order valence-corrected chi connectivity index (χ2v) is 6.45. The Hall–Kier alpha value is -1.90. The van der Waals surface area contributed by atoms with Crippen molar-refractivity contribution in [2.45, 2.75) is 51.4 Å². The van der Waals surface area contributed by atoms with Gasteiger partial charge in [-0.1, -0.05) is 26.0 Å². The molecule has 0 amide bonds. The van der Waals surface area contributed by atoms with Gasteiger partial charge in [-0.2, -0.15) is 0 Å². The van der Waals surface area contributed by atoms with Crippen LogP contribution in [0.15, 0.2) is 27.4 Å². The molecule has 1 atom stereocenters. The van der Waals surface area contributed by atoms with Crippen molar-refractivity contribution in [2.24, 2.45) is 0 Å². The summed E-state index contributed by atoms with van der Waals surface area (Å²) >= 11 is 0. The van der Waals surface area contributed by atoms with E-state index in [1.54, 1.807) is 0 Å². The summed E-state index contributed by atoms with van der Waals surface area (Å²) in [4.78, 5) is 16.8. The van der Waals surface area contributed by atoms with Crippen molar-refractivity contribution >= 4 is 11.1 Å². The minimum Gasteiger partial charge on any atom is -0.420 e. The van der Waals surface area contributed by atoms with E-state index in [1.165, 1.54) is 29.5 Å². The zero-order valence-corrected chi connectivity index (χ0v) is 12.5. The normalized spacial score (nSPS) is 20.0. The van der Waals surface area contributed by atoms with E-state index in [-0.39, 0.29) is 11.5 Å². The minimum absolute atomic E-state index is 0.0869. The van der Waals surface area contributed by atoms with Gasteiger partial charge in [0.15, 0.2) is 5.58 Å². The van der Waals surface area contributed by atoms with E-state index in [2.05, 4.69) is 23.2 Å². The molecule has 0 saturated carbocycles. The lowest BCUT2D eigenvalue weighted by molar-refractivity contribution is 0.530. The second kappa shape index (κ2) is 4.55. The van der Waals surface area contributed by atoms with Crippen LogP contribution < -0.4 is 5.63 Å². The number of aromatic nitrogens is 1. The van der Waals surface area contributed by atoms with Crippen LogP contribution in [0.3, 0.4) is 0 Å². The van der Waals surface area contributed by atoms with Crippen LogP contribution in [0.1, 0.15) is 60.9 Å². The van der Waals surface area contributed by atoms with E-state index in [0.717, 1.165) is 18.4 Å². The van der Waals surface area contributed by atoms with Crippen molar-refractivity contribution < 1.29 is 4.42 Å². The molecule has 4 rings (SSSR count). The Kier molecular flexibility index (Phi) is 2.78. The number of nitrogens with zero attached hydrogens (tertiary/aromatic N) is 1. The predicted molar refractivity (Wildman–Crippen MR) is 82.9 cm³/mol. The molecule has 0 unspecified atom stereocenters. The number of fused-ring (bicyclic) bond motifs is 2. The van der Waals surface area contributed by atoms with Crippen LogP contribution in [0.25, 0.3) is 11.1 Å². The molecule has 0 saturated heterocycles. The first-order valence-corrected chi connectivity index (χ1v) is 7.81. The number of allylic oxidation sites excluding steroid dienone is 2. The molecule has 2 aliphatic rings.